The summed E-state index contributed by atoms with van der Waals surface area (Å²) >= 11 is 5.89. The number of halogens is 2. The zero-order valence-electron chi connectivity index (χ0n) is 15.3. The van der Waals surface area contributed by atoms with Crippen LogP contribution in [0.5, 0.6) is 5.88 Å². The number of hydrogen-bond donors (Lipinski definition) is 0. The summed E-state index contributed by atoms with van der Waals surface area (Å²) in [6, 6.07) is 4.52. The normalized spacial score (nSPS) is 23.9. The highest BCUT2D eigenvalue weighted by Gasteiger charge is 2.55. The standard InChI is InChI=1S/C19H22ClFN4O2/c1-23-7-13-14(8-23)15(13)9-25(6-12-3-4-17(21)16(20)5-12)19(26)27-18-10-24(2)11-22-18/h3-5,10-11,13-15H,6-9H2,1-2H3. The van der Waals surface area contributed by atoms with E-state index in [4.69, 9.17) is 16.3 Å². The van der Waals surface area contributed by atoms with E-state index in [1.807, 2.05) is 7.05 Å². The third-order valence-corrected chi connectivity index (χ3v) is 5.76. The first-order valence-corrected chi connectivity index (χ1v) is 9.35. The average molecular weight is 393 g/mol. The van der Waals surface area contributed by atoms with Crippen LogP contribution < -0.4 is 4.74 Å². The number of aryl methyl sites for hydroxylation is 1. The number of fused-ring (bicyclic) bond motifs is 1. The highest BCUT2D eigenvalue weighted by atomic mass is 35.5. The fourth-order valence-electron chi connectivity index (χ4n) is 4.04. The van der Waals surface area contributed by atoms with Crippen LogP contribution >= 0.6 is 11.6 Å². The summed E-state index contributed by atoms with van der Waals surface area (Å²) < 4.78 is 20.6. The van der Waals surface area contributed by atoms with Crippen LogP contribution in [0.25, 0.3) is 0 Å². The lowest BCUT2D eigenvalue weighted by Gasteiger charge is -2.23. The second kappa shape index (κ2) is 7.13. The molecule has 2 heterocycles. The number of piperidine rings is 1. The Hall–Kier alpha value is -2.12. The van der Waals surface area contributed by atoms with Crippen molar-refractivity contribution in [2.24, 2.45) is 24.8 Å². The number of carbonyl (C=O) groups is 1. The summed E-state index contributed by atoms with van der Waals surface area (Å²) in [4.78, 5) is 20.8. The Morgan fingerprint density at radius 3 is 2.74 bits per heavy atom. The lowest BCUT2D eigenvalue weighted by atomic mass is 10.2. The van der Waals surface area contributed by atoms with E-state index < -0.39 is 11.9 Å². The van der Waals surface area contributed by atoms with Crippen molar-refractivity contribution < 1.29 is 13.9 Å². The Bertz CT molecular complexity index is 846. The Balaban J connectivity index is 1.47. The third-order valence-electron chi connectivity index (χ3n) is 5.47. The van der Waals surface area contributed by atoms with Crippen molar-refractivity contribution in [1.29, 1.82) is 0 Å². The van der Waals surface area contributed by atoms with Crippen molar-refractivity contribution >= 4 is 17.7 Å². The molecule has 6 nitrogen and oxygen atoms in total. The molecule has 1 aliphatic heterocycles. The molecule has 2 aromatic rings. The van der Waals surface area contributed by atoms with E-state index >= 15 is 0 Å². The van der Waals surface area contributed by atoms with Gasteiger partial charge in [0.25, 0.3) is 0 Å². The van der Waals surface area contributed by atoms with Crippen LogP contribution in [0.2, 0.25) is 5.02 Å². The first-order valence-electron chi connectivity index (χ1n) is 8.98. The zero-order chi connectivity index (χ0) is 19.1. The van der Waals surface area contributed by atoms with Gasteiger partial charge in [-0.3, -0.25) is 0 Å². The Morgan fingerprint density at radius 2 is 2.11 bits per heavy atom. The van der Waals surface area contributed by atoms with Crippen molar-refractivity contribution in [3.63, 3.8) is 0 Å². The number of carbonyl (C=O) groups excluding carboxylic acids is 1. The summed E-state index contributed by atoms with van der Waals surface area (Å²) in [5, 5.41) is 0.0514. The number of amides is 1. The van der Waals surface area contributed by atoms with Crippen molar-refractivity contribution in [2.75, 3.05) is 26.7 Å². The molecule has 2 unspecified atom stereocenters. The summed E-state index contributed by atoms with van der Waals surface area (Å²) in [6.45, 7) is 3.07. The number of ether oxygens (including phenoxy) is 1. The van der Waals surface area contributed by atoms with Gasteiger partial charge < -0.3 is 19.1 Å². The molecule has 1 aromatic carbocycles. The second-order valence-electron chi connectivity index (χ2n) is 7.59. The van der Waals surface area contributed by atoms with E-state index in [1.165, 1.54) is 6.07 Å². The van der Waals surface area contributed by atoms with Crippen molar-refractivity contribution in [2.45, 2.75) is 6.54 Å². The number of nitrogens with zero attached hydrogens (tertiary/aromatic N) is 4. The molecule has 27 heavy (non-hydrogen) atoms. The van der Waals surface area contributed by atoms with Gasteiger partial charge in [0, 0.05) is 33.2 Å². The molecular formula is C19H22ClFN4O2. The average Bonchev–Trinajstić information content (AvgIpc) is 2.95. The molecule has 144 valence electrons. The minimum atomic E-state index is -0.470. The van der Waals surface area contributed by atoms with Gasteiger partial charge in [0.1, 0.15) is 5.82 Å². The topological polar surface area (TPSA) is 50.6 Å². The number of imidazole rings is 1. The van der Waals surface area contributed by atoms with E-state index in [0.29, 0.717) is 30.8 Å². The molecule has 2 aliphatic rings. The number of benzene rings is 1. The molecule has 8 heteroatoms. The van der Waals surface area contributed by atoms with Crippen LogP contribution in [-0.4, -0.2) is 52.1 Å². The Morgan fingerprint density at radius 1 is 1.37 bits per heavy atom. The summed E-state index contributed by atoms with van der Waals surface area (Å²) in [6.07, 6.45) is 2.77. The van der Waals surface area contributed by atoms with Crippen molar-refractivity contribution in [3.8, 4) is 5.88 Å². The van der Waals surface area contributed by atoms with Gasteiger partial charge in [-0.15, -0.1) is 0 Å². The number of aromatic nitrogens is 2. The van der Waals surface area contributed by atoms with Gasteiger partial charge in [-0.1, -0.05) is 17.7 Å². The van der Waals surface area contributed by atoms with E-state index in [9.17, 15) is 9.18 Å². The predicted molar refractivity (Wildman–Crippen MR) is 99.0 cm³/mol. The van der Waals surface area contributed by atoms with Crippen molar-refractivity contribution in [1.82, 2.24) is 19.4 Å². The van der Waals surface area contributed by atoms with E-state index in [-0.39, 0.29) is 10.9 Å². The molecule has 1 saturated heterocycles. The molecule has 2 fully saturated rings. The van der Waals surface area contributed by atoms with Crippen LogP contribution in [0, 0.1) is 23.6 Å². The lowest BCUT2D eigenvalue weighted by molar-refractivity contribution is 0.141. The van der Waals surface area contributed by atoms with Crippen LogP contribution in [0.15, 0.2) is 30.7 Å². The molecule has 0 radical (unpaired) electrons. The van der Waals surface area contributed by atoms with Gasteiger partial charge >= 0.3 is 6.09 Å². The maximum absolute atomic E-state index is 13.4. The van der Waals surface area contributed by atoms with Gasteiger partial charge in [-0.05, 0) is 42.5 Å². The number of hydrogen-bond acceptors (Lipinski definition) is 4. The van der Waals surface area contributed by atoms with Crippen LogP contribution in [0.1, 0.15) is 5.56 Å². The largest absolute Gasteiger partial charge is 0.416 e. The van der Waals surface area contributed by atoms with Crippen LogP contribution in [0.4, 0.5) is 9.18 Å². The van der Waals surface area contributed by atoms with Gasteiger partial charge in [0.05, 0.1) is 17.5 Å². The van der Waals surface area contributed by atoms with Gasteiger partial charge in [0.2, 0.25) is 5.88 Å². The highest BCUT2D eigenvalue weighted by molar-refractivity contribution is 6.30. The fourth-order valence-corrected chi connectivity index (χ4v) is 4.25. The highest BCUT2D eigenvalue weighted by Crippen LogP contribution is 2.51. The molecular weight excluding hydrogens is 371 g/mol. The van der Waals surface area contributed by atoms with Crippen LogP contribution in [-0.2, 0) is 13.6 Å². The molecule has 1 saturated carbocycles. The number of likely N-dealkylation sites (tertiary alicyclic amines) is 1. The quantitative estimate of drug-likeness (QED) is 0.784. The van der Waals surface area contributed by atoms with E-state index in [2.05, 4.69) is 16.9 Å². The molecule has 0 bridgehead atoms. The molecule has 4 rings (SSSR count). The molecule has 1 aliphatic carbocycles. The lowest BCUT2D eigenvalue weighted by Crippen LogP contribution is -2.36. The first-order chi connectivity index (χ1) is 12.9. The minimum absolute atomic E-state index is 0.0514. The van der Waals surface area contributed by atoms with E-state index in [1.54, 1.807) is 34.1 Å². The van der Waals surface area contributed by atoms with Gasteiger partial charge in [-0.25, -0.2) is 14.2 Å². The smallest absolute Gasteiger partial charge is 0.389 e. The monoisotopic (exact) mass is 392 g/mol. The Kier molecular flexibility index (Phi) is 4.82. The number of rotatable bonds is 5. The molecule has 1 aromatic heterocycles. The fraction of sp³-hybridized carbons (Fsp3) is 0.474. The third kappa shape index (κ3) is 3.94. The van der Waals surface area contributed by atoms with Crippen molar-refractivity contribution in [3.05, 3.63) is 47.1 Å². The van der Waals surface area contributed by atoms with Crippen LogP contribution in [0.3, 0.4) is 0 Å². The second-order valence-corrected chi connectivity index (χ2v) is 7.99. The molecule has 2 atom stereocenters. The first kappa shape index (κ1) is 18.3. The summed E-state index contributed by atoms with van der Waals surface area (Å²) in [5.74, 6) is 1.55. The van der Waals surface area contributed by atoms with E-state index in [0.717, 1.165) is 18.7 Å². The molecule has 0 N–H and O–H groups in total. The maximum Gasteiger partial charge on any atom is 0.416 e. The Labute approximate surface area is 162 Å². The molecule has 1 amide bonds. The van der Waals surface area contributed by atoms with Gasteiger partial charge in [-0.2, -0.15) is 0 Å². The maximum atomic E-state index is 13.4. The molecule has 0 spiro atoms. The SMILES string of the molecule is CN1CC2C(C1)C2CN(Cc1ccc(F)c(Cl)c1)C(=O)Oc1cn(C)cn1. The minimum Gasteiger partial charge on any atom is -0.389 e. The zero-order valence-corrected chi connectivity index (χ0v) is 16.1. The summed E-state index contributed by atoms with van der Waals surface area (Å²) in [7, 11) is 3.93. The van der Waals surface area contributed by atoms with Gasteiger partial charge in [0.15, 0.2) is 0 Å². The summed E-state index contributed by atoms with van der Waals surface area (Å²) in [5.41, 5.74) is 0.766. The predicted octanol–water partition coefficient (Wildman–Crippen LogP) is 3.02.